The van der Waals surface area contributed by atoms with Crippen LogP contribution < -0.4 is 10.2 Å². The molecule has 1 spiro atoms. The van der Waals surface area contributed by atoms with E-state index in [2.05, 4.69) is 20.4 Å². The fraction of sp³-hybridized carbons (Fsp3) is 0.417. The topological polar surface area (TPSA) is 99.6 Å². The van der Waals surface area contributed by atoms with Gasteiger partial charge in [-0.05, 0) is 30.3 Å². The summed E-state index contributed by atoms with van der Waals surface area (Å²) >= 11 is 6.25. The maximum atomic E-state index is 13.3. The number of hydroxylamine groups is 2. The van der Waals surface area contributed by atoms with E-state index < -0.39 is 17.5 Å². The summed E-state index contributed by atoms with van der Waals surface area (Å²) < 4.78 is 13.3. The molecule has 0 unspecified atom stereocenters. The maximum absolute atomic E-state index is 13.3. The first-order valence-electron chi connectivity index (χ1n) is 11.8. The Morgan fingerprint density at radius 1 is 1.08 bits per heavy atom. The first kappa shape index (κ1) is 24.3. The number of anilines is 2. The molecule has 4 heterocycles. The highest BCUT2D eigenvalue weighted by Crippen LogP contribution is 2.35. The minimum absolute atomic E-state index is 0.119. The third kappa shape index (κ3) is 5.36. The van der Waals surface area contributed by atoms with Crippen LogP contribution in [0.2, 0.25) is 5.02 Å². The Kier molecular flexibility index (Phi) is 6.92. The van der Waals surface area contributed by atoms with Gasteiger partial charge >= 0.3 is 6.09 Å². The summed E-state index contributed by atoms with van der Waals surface area (Å²) in [5.41, 5.74) is 0.151. The van der Waals surface area contributed by atoms with Crippen LogP contribution in [0.25, 0.3) is 0 Å². The number of halogens is 2. The largest absolute Gasteiger partial charge is 0.430 e. The molecular formula is C24H26ClFN6O4. The number of piperazine rings is 1. The summed E-state index contributed by atoms with van der Waals surface area (Å²) in [4.78, 5) is 44.5. The lowest BCUT2D eigenvalue weighted by Crippen LogP contribution is -2.51. The van der Waals surface area contributed by atoms with Gasteiger partial charge in [-0.1, -0.05) is 22.8 Å². The average molecular weight is 517 g/mol. The summed E-state index contributed by atoms with van der Waals surface area (Å²) in [6, 6.07) is 9.17. The Bertz CT molecular complexity index is 1160. The van der Waals surface area contributed by atoms with Crippen molar-refractivity contribution in [3.05, 3.63) is 53.4 Å². The van der Waals surface area contributed by atoms with Crippen molar-refractivity contribution >= 4 is 40.8 Å². The Morgan fingerprint density at radius 2 is 1.86 bits per heavy atom. The summed E-state index contributed by atoms with van der Waals surface area (Å²) in [5, 5.41) is 8.76. The highest BCUT2D eigenvalue weighted by Gasteiger charge is 2.45. The zero-order chi connectivity index (χ0) is 25.1. The number of aromatic nitrogens is 1. The van der Waals surface area contributed by atoms with Gasteiger partial charge in [0.2, 0.25) is 0 Å². The predicted octanol–water partition coefficient (Wildman–Crippen LogP) is 3.30. The summed E-state index contributed by atoms with van der Waals surface area (Å²) in [7, 11) is 0. The minimum atomic E-state index is -0.692. The van der Waals surface area contributed by atoms with Gasteiger partial charge in [-0.25, -0.2) is 14.2 Å². The van der Waals surface area contributed by atoms with Crippen LogP contribution >= 0.6 is 11.6 Å². The second-order valence-electron chi connectivity index (χ2n) is 9.02. The predicted molar refractivity (Wildman–Crippen MR) is 131 cm³/mol. The van der Waals surface area contributed by atoms with Crippen LogP contribution in [0.3, 0.4) is 0 Å². The third-order valence-electron chi connectivity index (χ3n) is 6.61. The van der Waals surface area contributed by atoms with Gasteiger partial charge in [-0.2, -0.15) is 0 Å². The molecule has 2 fully saturated rings. The van der Waals surface area contributed by atoms with Crippen LogP contribution in [-0.4, -0.2) is 77.5 Å². The van der Waals surface area contributed by atoms with Crippen LogP contribution in [0.1, 0.15) is 19.3 Å². The maximum Gasteiger partial charge on any atom is 0.430 e. The number of piperidine rings is 1. The van der Waals surface area contributed by atoms with Crippen LogP contribution in [0, 0.1) is 5.82 Å². The smallest absolute Gasteiger partial charge is 0.388 e. The Balaban J connectivity index is 1.08. The Morgan fingerprint density at radius 3 is 2.58 bits per heavy atom. The van der Waals surface area contributed by atoms with Crippen LogP contribution in [0.5, 0.6) is 0 Å². The number of rotatable bonds is 4. The van der Waals surface area contributed by atoms with Crippen molar-refractivity contribution in [3.8, 4) is 0 Å². The van der Waals surface area contributed by atoms with Gasteiger partial charge in [0.05, 0.1) is 5.02 Å². The number of carbonyl (C=O) groups is 2. The number of nitrogens with one attached hydrogen (secondary N) is 1. The molecule has 0 aliphatic carbocycles. The van der Waals surface area contributed by atoms with E-state index in [9.17, 15) is 14.0 Å². The molecule has 0 saturated carbocycles. The van der Waals surface area contributed by atoms with Crippen molar-refractivity contribution in [1.29, 1.82) is 0 Å². The number of pyridine rings is 1. The van der Waals surface area contributed by atoms with Crippen LogP contribution in [0.15, 0.2) is 47.8 Å². The van der Waals surface area contributed by atoms with Gasteiger partial charge in [-0.15, -0.1) is 5.06 Å². The van der Waals surface area contributed by atoms with Crippen molar-refractivity contribution in [3.63, 3.8) is 0 Å². The molecule has 1 aromatic carbocycles. The number of hydrogen-bond acceptors (Lipinski definition) is 8. The highest BCUT2D eigenvalue weighted by atomic mass is 35.5. The molecule has 0 bridgehead atoms. The molecule has 1 N–H and O–H groups in total. The molecule has 0 atom stereocenters. The number of nitrogens with zero attached hydrogens (tertiary/aromatic N) is 5. The second-order valence-corrected chi connectivity index (χ2v) is 9.43. The van der Waals surface area contributed by atoms with E-state index in [1.165, 1.54) is 23.3 Å². The molecule has 2 amide bonds. The lowest BCUT2D eigenvalue weighted by Gasteiger charge is -2.36. The zero-order valence-corrected chi connectivity index (χ0v) is 20.3. The standard InChI is InChI=1S/C24H26ClFN6O4/c25-19-5-2-8-27-21(19)30-11-13-31(14-12-30)22(33)20-16-24(36-29-20)6-9-32(10-7-24)35-23(34)28-18-4-1-3-17(26)15-18/h1-5,8,15H,6-7,9-14,16H2,(H,28,34). The van der Waals surface area contributed by atoms with Crippen molar-refractivity contribution in [2.45, 2.75) is 24.9 Å². The fourth-order valence-electron chi connectivity index (χ4n) is 4.63. The van der Waals surface area contributed by atoms with Gasteiger partial charge in [0, 0.05) is 70.4 Å². The van der Waals surface area contributed by atoms with Crippen molar-refractivity contribution in [2.75, 3.05) is 49.5 Å². The summed E-state index contributed by atoms with van der Waals surface area (Å²) in [5.74, 6) is 0.160. The fourth-order valence-corrected chi connectivity index (χ4v) is 4.87. The lowest BCUT2D eigenvalue weighted by atomic mass is 9.87. The van der Waals surface area contributed by atoms with E-state index in [4.69, 9.17) is 21.3 Å². The van der Waals surface area contributed by atoms with E-state index in [0.717, 1.165) is 5.82 Å². The van der Waals surface area contributed by atoms with Gasteiger partial charge in [0.25, 0.3) is 5.91 Å². The number of amides is 2. The van der Waals surface area contributed by atoms with Gasteiger partial charge in [0.1, 0.15) is 22.9 Å². The Hall–Kier alpha value is -3.44. The first-order chi connectivity index (χ1) is 17.4. The third-order valence-corrected chi connectivity index (χ3v) is 6.90. The minimum Gasteiger partial charge on any atom is -0.388 e. The molecule has 1 aromatic heterocycles. The number of carbonyl (C=O) groups excluding carboxylic acids is 2. The number of hydrogen-bond donors (Lipinski definition) is 1. The van der Waals surface area contributed by atoms with Gasteiger partial charge in [0.15, 0.2) is 0 Å². The van der Waals surface area contributed by atoms with E-state index in [1.54, 1.807) is 29.3 Å². The first-order valence-corrected chi connectivity index (χ1v) is 12.2. The van der Waals surface area contributed by atoms with E-state index in [0.29, 0.717) is 75.0 Å². The molecule has 0 radical (unpaired) electrons. The molecule has 12 heteroatoms. The SMILES string of the molecule is O=C(Nc1cccc(F)c1)ON1CCC2(CC1)CC(C(=O)N1CCN(c3ncccc3Cl)CC1)=NO2. The molecule has 10 nitrogen and oxygen atoms in total. The number of benzene rings is 1. The van der Waals surface area contributed by atoms with Crippen molar-refractivity contribution < 1.29 is 23.7 Å². The van der Waals surface area contributed by atoms with Crippen LogP contribution in [0.4, 0.5) is 20.7 Å². The zero-order valence-electron chi connectivity index (χ0n) is 19.5. The second kappa shape index (κ2) is 10.3. The van der Waals surface area contributed by atoms with E-state index >= 15 is 0 Å². The highest BCUT2D eigenvalue weighted by molar-refractivity contribution is 6.39. The average Bonchev–Trinajstić information content (AvgIpc) is 3.29. The van der Waals surface area contributed by atoms with Crippen molar-refractivity contribution in [1.82, 2.24) is 14.9 Å². The summed E-state index contributed by atoms with van der Waals surface area (Å²) in [6.07, 6.45) is 2.53. The van der Waals surface area contributed by atoms with Gasteiger partial charge < -0.3 is 19.5 Å². The molecule has 3 aliphatic heterocycles. The van der Waals surface area contributed by atoms with Crippen molar-refractivity contribution in [2.24, 2.45) is 5.16 Å². The molecule has 190 valence electrons. The quantitative estimate of drug-likeness (QED) is 0.665. The Labute approximate surface area is 212 Å². The molecule has 36 heavy (non-hydrogen) atoms. The van der Waals surface area contributed by atoms with E-state index in [1.807, 2.05) is 0 Å². The molecule has 2 aromatic rings. The molecule has 2 saturated heterocycles. The number of oxime groups is 1. The summed E-state index contributed by atoms with van der Waals surface area (Å²) in [6.45, 7) is 3.20. The van der Waals surface area contributed by atoms with Gasteiger partial charge in [-0.3, -0.25) is 10.1 Å². The molecule has 5 rings (SSSR count). The lowest BCUT2D eigenvalue weighted by molar-refractivity contribution is -0.154. The molecule has 3 aliphatic rings. The van der Waals surface area contributed by atoms with E-state index in [-0.39, 0.29) is 5.91 Å². The molecular weight excluding hydrogens is 491 g/mol. The normalized spacial score (nSPS) is 19.6. The van der Waals surface area contributed by atoms with Crippen LogP contribution in [-0.2, 0) is 14.5 Å². The monoisotopic (exact) mass is 516 g/mol.